The molecule has 1 spiro atoms. The molecule has 0 aromatic heterocycles. The normalized spacial score (nSPS) is 26.1. The zero-order valence-corrected chi connectivity index (χ0v) is 19.5. The molecule has 3 aliphatic heterocycles. The Labute approximate surface area is 187 Å². The van der Waals surface area contributed by atoms with E-state index in [1.54, 1.807) is 6.92 Å². The fraction of sp³-hybridized carbons (Fsp3) is 0.720. The number of rotatable bonds is 4. The van der Waals surface area contributed by atoms with Crippen LogP contribution in [0, 0.1) is 6.92 Å². The van der Waals surface area contributed by atoms with Gasteiger partial charge in [-0.05, 0) is 63.1 Å². The van der Waals surface area contributed by atoms with Crippen LogP contribution in [-0.2, 0) is 9.53 Å². The minimum Gasteiger partial charge on any atom is -0.388 e. The molecule has 1 atom stereocenters. The second-order valence-corrected chi connectivity index (χ2v) is 10.1. The molecule has 0 saturated carbocycles. The first-order valence-corrected chi connectivity index (χ1v) is 11.9. The number of piperidine rings is 2. The Balaban J connectivity index is 1.27. The third kappa shape index (κ3) is 5.24. The maximum Gasteiger partial charge on any atom is 0.219 e. The molecule has 0 aliphatic carbocycles. The van der Waals surface area contributed by atoms with Crippen LogP contribution in [0.15, 0.2) is 24.3 Å². The standard InChI is InChI=1S/C25H39N3O3/c1-20-5-4-6-22(17-20)28-14-8-24(30,9-15-28)19-27-12-10-25(11-13-27)18-23(7-16-31-25)26(3)21(2)29/h4-6,17,23,30H,7-16,18-19H2,1-3H3. The maximum absolute atomic E-state index is 11.8. The molecule has 1 aromatic carbocycles. The molecule has 3 aliphatic rings. The molecular weight excluding hydrogens is 390 g/mol. The Morgan fingerprint density at radius 2 is 1.90 bits per heavy atom. The second-order valence-electron chi connectivity index (χ2n) is 10.1. The molecule has 1 N–H and O–H groups in total. The van der Waals surface area contributed by atoms with Gasteiger partial charge in [-0.1, -0.05) is 12.1 Å². The van der Waals surface area contributed by atoms with E-state index in [4.69, 9.17) is 4.74 Å². The number of nitrogens with zero attached hydrogens (tertiary/aromatic N) is 3. The Morgan fingerprint density at radius 3 is 2.55 bits per heavy atom. The Morgan fingerprint density at radius 1 is 1.19 bits per heavy atom. The average molecular weight is 430 g/mol. The van der Waals surface area contributed by atoms with E-state index in [1.807, 2.05) is 11.9 Å². The van der Waals surface area contributed by atoms with Crippen molar-refractivity contribution in [2.45, 2.75) is 69.6 Å². The number of likely N-dealkylation sites (tertiary alicyclic amines) is 1. The smallest absolute Gasteiger partial charge is 0.219 e. The summed E-state index contributed by atoms with van der Waals surface area (Å²) in [5.41, 5.74) is 1.85. The van der Waals surface area contributed by atoms with Crippen molar-refractivity contribution in [3.8, 4) is 0 Å². The summed E-state index contributed by atoms with van der Waals surface area (Å²) < 4.78 is 6.27. The van der Waals surface area contributed by atoms with Crippen molar-refractivity contribution in [1.82, 2.24) is 9.80 Å². The van der Waals surface area contributed by atoms with Crippen LogP contribution in [0.25, 0.3) is 0 Å². The first-order valence-electron chi connectivity index (χ1n) is 11.9. The zero-order chi connectivity index (χ0) is 22.1. The average Bonchev–Trinajstić information content (AvgIpc) is 2.75. The molecule has 6 nitrogen and oxygen atoms in total. The summed E-state index contributed by atoms with van der Waals surface area (Å²) in [6, 6.07) is 8.93. The molecule has 6 heteroatoms. The van der Waals surface area contributed by atoms with E-state index in [0.717, 1.165) is 77.9 Å². The van der Waals surface area contributed by atoms with Crippen molar-refractivity contribution in [3.05, 3.63) is 29.8 Å². The topological polar surface area (TPSA) is 56.3 Å². The van der Waals surface area contributed by atoms with Gasteiger partial charge >= 0.3 is 0 Å². The summed E-state index contributed by atoms with van der Waals surface area (Å²) in [7, 11) is 1.92. The lowest BCUT2D eigenvalue weighted by Crippen LogP contribution is -2.57. The quantitative estimate of drug-likeness (QED) is 0.798. The molecule has 1 amide bonds. The van der Waals surface area contributed by atoms with Gasteiger partial charge in [-0.25, -0.2) is 0 Å². The molecule has 0 bridgehead atoms. The van der Waals surface area contributed by atoms with Crippen molar-refractivity contribution in [3.63, 3.8) is 0 Å². The maximum atomic E-state index is 11.8. The fourth-order valence-electron chi connectivity index (χ4n) is 5.64. The van der Waals surface area contributed by atoms with Crippen molar-refractivity contribution >= 4 is 11.6 Å². The van der Waals surface area contributed by atoms with Crippen molar-refractivity contribution in [2.75, 3.05) is 51.3 Å². The molecule has 1 aromatic rings. The number of carbonyl (C=O) groups excluding carboxylic acids is 1. The monoisotopic (exact) mass is 429 g/mol. The van der Waals surface area contributed by atoms with Crippen LogP contribution in [0.3, 0.4) is 0 Å². The lowest BCUT2D eigenvalue weighted by atomic mass is 9.81. The highest BCUT2D eigenvalue weighted by atomic mass is 16.5. The van der Waals surface area contributed by atoms with E-state index in [0.29, 0.717) is 0 Å². The minimum atomic E-state index is -0.602. The molecular formula is C25H39N3O3. The number of aliphatic hydroxyl groups is 1. The molecule has 1 unspecified atom stereocenters. The third-order valence-electron chi connectivity index (χ3n) is 7.86. The van der Waals surface area contributed by atoms with Gasteiger partial charge in [-0.15, -0.1) is 0 Å². The van der Waals surface area contributed by atoms with Crippen LogP contribution in [0.1, 0.15) is 51.0 Å². The summed E-state index contributed by atoms with van der Waals surface area (Å²) in [5.74, 6) is 0.138. The first kappa shape index (κ1) is 22.6. The number of amides is 1. The molecule has 0 radical (unpaired) electrons. The molecule has 3 heterocycles. The highest BCUT2D eigenvalue weighted by Gasteiger charge is 2.43. The van der Waals surface area contributed by atoms with Crippen molar-refractivity contribution in [1.29, 1.82) is 0 Å². The number of β-amino-alcohol motifs (C(OH)–C–C–N with tert-alkyl or cyclic N) is 1. The zero-order valence-electron chi connectivity index (χ0n) is 19.5. The summed E-state index contributed by atoms with van der Waals surface area (Å²) in [5, 5.41) is 11.3. The number of carbonyl (C=O) groups is 1. The number of hydrogen-bond acceptors (Lipinski definition) is 5. The molecule has 3 saturated heterocycles. The summed E-state index contributed by atoms with van der Waals surface area (Å²) in [6.45, 7) is 8.99. The number of hydrogen-bond donors (Lipinski definition) is 1. The number of aryl methyl sites for hydroxylation is 1. The molecule has 4 rings (SSSR count). The number of ether oxygens (including phenoxy) is 1. The van der Waals surface area contributed by atoms with Gasteiger partial charge in [0, 0.05) is 65.0 Å². The van der Waals surface area contributed by atoms with E-state index in [1.165, 1.54) is 11.3 Å². The Bertz CT molecular complexity index is 767. The summed E-state index contributed by atoms with van der Waals surface area (Å²) >= 11 is 0. The number of anilines is 1. The van der Waals surface area contributed by atoms with Gasteiger partial charge in [-0.2, -0.15) is 0 Å². The van der Waals surface area contributed by atoms with Gasteiger partial charge in [0.15, 0.2) is 0 Å². The molecule has 172 valence electrons. The van der Waals surface area contributed by atoms with E-state index < -0.39 is 5.60 Å². The lowest BCUT2D eigenvalue weighted by molar-refractivity contribution is -0.149. The van der Waals surface area contributed by atoms with Crippen LogP contribution >= 0.6 is 0 Å². The third-order valence-corrected chi connectivity index (χ3v) is 7.86. The second kappa shape index (κ2) is 9.08. The van der Waals surface area contributed by atoms with E-state index >= 15 is 0 Å². The Hall–Kier alpha value is -1.63. The van der Waals surface area contributed by atoms with Gasteiger partial charge in [0.2, 0.25) is 5.91 Å². The predicted octanol–water partition coefficient (Wildman–Crippen LogP) is 2.82. The van der Waals surface area contributed by atoms with Gasteiger partial charge < -0.3 is 24.5 Å². The van der Waals surface area contributed by atoms with Crippen LogP contribution < -0.4 is 4.90 Å². The van der Waals surface area contributed by atoms with Crippen molar-refractivity contribution < 1.29 is 14.6 Å². The minimum absolute atomic E-state index is 0.0969. The van der Waals surface area contributed by atoms with Crippen molar-refractivity contribution in [2.24, 2.45) is 0 Å². The predicted molar refractivity (Wildman–Crippen MR) is 123 cm³/mol. The van der Waals surface area contributed by atoms with Gasteiger partial charge in [0.05, 0.1) is 11.2 Å². The van der Waals surface area contributed by atoms with Crippen LogP contribution in [0.5, 0.6) is 0 Å². The first-order chi connectivity index (χ1) is 14.8. The number of benzene rings is 1. The van der Waals surface area contributed by atoms with Crippen LogP contribution in [0.4, 0.5) is 5.69 Å². The highest BCUT2D eigenvalue weighted by Crippen LogP contribution is 2.37. The fourth-order valence-corrected chi connectivity index (χ4v) is 5.64. The lowest BCUT2D eigenvalue weighted by Gasteiger charge is -2.49. The van der Waals surface area contributed by atoms with Gasteiger partial charge in [0.25, 0.3) is 0 Å². The van der Waals surface area contributed by atoms with Crippen LogP contribution in [-0.4, -0.2) is 84.4 Å². The molecule has 31 heavy (non-hydrogen) atoms. The van der Waals surface area contributed by atoms with E-state index in [-0.39, 0.29) is 17.6 Å². The summed E-state index contributed by atoms with van der Waals surface area (Å²) in [4.78, 5) is 18.5. The summed E-state index contributed by atoms with van der Waals surface area (Å²) in [6.07, 6.45) is 5.46. The Kier molecular flexibility index (Phi) is 6.61. The highest BCUT2D eigenvalue weighted by molar-refractivity contribution is 5.73. The van der Waals surface area contributed by atoms with E-state index in [9.17, 15) is 9.90 Å². The van der Waals surface area contributed by atoms with Crippen LogP contribution in [0.2, 0.25) is 0 Å². The van der Waals surface area contributed by atoms with E-state index in [2.05, 4.69) is 41.0 Å². The van der Waals surface area contributed by atoms with Gasteiger partial charge in [0.1, 0.15) is 0 Å². The van der Waals surface area contributed by atoms with Gasteiger partial charge in [-0.3, -0.25) is 4.79 Å². The SMILES string of the molecule is CC(=O)N(C)C1CCOC2(CCN(CC3(O)CCN(c4cccc(C)c4)CC3)CC2)C1. The largest absolute Gasteiger partial charge is 0.388 e. The molecule has 3 fully saturated rings.